The molecule has 0 heterocycles. The second kappa shape index (κ2) is 10.7. The molecule has 0 aliphatic rings. The number of carbonyl (C=O) groups is 1. The van der Waals surface area contributed by atoms with Crippen molar-refractivity contribution in [2.45, 2.75) is 71.6 Å². The summed E-state index contributed by atoms with van der Waals surface area (Å²) in [6.07, 6.45) is 11.9. The van der Waals surface area contributed by atoms with Crippen LogP contribution in [-0.4, -0.2) is 11.1 Å². The maximum atomic E-state index is 10.3. The molecule has 0 atom stereocenters. The zero-order valence-electron chi connectivity index (χ0n) is 10.8. The Hall–Kier alpha value is -0.790. The zero-order valence-corrected chi connectivity index (χ0v) is 10.8. The summed E-state index contributed by atoms with van der Waals surface area (Å²) in [5, 5.41) is 8.46. The van der Waals surface area contributed by atoms with Crippen molar-refractivity contribution < 1.29 is 9.90 Å². The fraction of sp³-hybridized carbons (Fsp3) is 0.786. The van der Waals surface area contributed by atoms with Gasteiger partial charge in [0.05, 0.1) is 0 Å². The number of unbranched alkanes of at least 4 members (excludes halogenated alkanes) is 5. The topological polar surface area (TPSA) is 37.3 Å². The number of hydrogen-bond donors (Lipinski definition) is 1. The molecule has 0 rings (SSSR count). The second-order valence-electron chi connectivity index (χ2n) is 4.50. The first-order valence-corrected chi connectivity index (χ1v) is 6.54. The van der Waals surface area contributed by atoms with Crippen molar-refractivity contribution in [3.05, 3.63) is 11.6 Å². The molecule has 94 valence electrons. The van der Waals surface area contributed by atoms with E-state index in [1.807, 2.05) is 0 Å². The molecule has 1 N–H and O–H groups in total. The van der Waals surface area contributed by atoms with Gasteiger partial charge in [0.1, 0.15) is 0 Å². The summed E-state index contributed by atoms with van der Waals surface area (Å²) < 4.78 is 0. The minimum absolute atomic E-state index is 0.329. The Bertz CT molecular complexity index is 207. The lowest BCUT2D eigenvalue weighted by Gasteiger charge is -2.02. The molecule has 0 radical (unpaired) electrons. The molecule has 0 amide bonds. The van der Waals surface area contributed by atoms with Crippen LogP contribution < -0.4 is 0 Å². The van der Waals surface area contributed by atoms with Crippen LogP contribution in [0.15, 0.2) is 11.6 Å². The van der Waals surface area contributed by atoms with Crippen molar-refractivity contribution in [1.29, 1.82) is 0 Å². The fourth-order valence-corrected chi connectivity index (χ4v) is 1.70. The predicted octanol–water partition coefficient (Wildman–Crippen LogP) is 4.55. The maximum absolute atomic E-state index is 10.3. The molecule has 2 heteroatoms. The van der Waals surface area contributed by atoms with E-state index in [4.69, 9.17) is 5.11 Å². The lowest BCUT2D eigenvalue weighted by Crippen LogP contribution is -1.93. The summed E-state index contributed by atoms with van der Waals surface area (Å²) in [4.78, 5) is 10.3. The molecule has 0 aromatic heterocycles. The largest absolute Gasteiger partial charge is 0.481 e. The van der Waals surface area contributed by atoms with Crippen LogP contribution in [0.2, 0.25) is 0 Å². The van der Waals surface area contributed by atoms with E-state index < -0.39 is 5.97 Å². The monoisotopic (exact) mass is 226 g/mol. The van der Waals surface area contributed by atoms with Gasteiger partial charge < -0.3 is 5.11 Å². The van der Waals surface area contributed by atoms with Crippen LogP contribution in [0, 0.1) is 0 Å². The Morgan fingerprint density at radius 3 is 2.19 bits per heavy atom. The molecular formula is C14H26O2. The van der Waals surface area contributed by atoms with Crippen LogP contribution in [-0.2, 0) is 4.79 Å². The summed E-state index contributed by atoms with van der Waals surface area (Å²) in [6.45, 7) is 4.41. The van der Waals surface area contributed by atoms with Gasteiger partial charge in [0, 0.05) is 6.42 Å². The summed E-state index contributed by atoms with van der Waals surface area (Å²) in [6, 6.07) is 0. The standard InChI is InChI=1S/C14H26O2/c1-3-4-10-13(2)11-8-6-5-7-9-12-14(15)16/h10H,3-9,11-12H2,1-2H3,(H,15,16). The molecule has 0 saturated heterocycles. The van der Waals surface area contributed by atoms with Gasteiger partial charge in [0.25, 0.3) is 0 Å². The molecule has 0 spiro atoms. The van der Waals surface area contributed by atoms with Crippen molar-refractivity contribution in [3.63, 3.8) is 0 Å². The Kier molecular flexibility index (Phi) is 10.2. The summed E-state index contributed by atoms with van der Waals surface area (Å²) in [7, 11) is 0. The Labute approximate surface area is 99.7 Å². The molecule has 0 aromatic rings. The van der Waals surface area contributed by atoms with Crippen LogP contribution in [0.4, 0.5) is 0 Å². The van der Waals surface area contributed by atoms with Crippen molar-refractivity contribution in [3.8, 4) is 0 Å². The minimum atomic E-state index is -0.668. The highest BCUT2D eigenvalue weighted by atomic mass is 16.4. The molecule has 0 aliphatic carbocycles. The highest BCUT2D eigenvalue weighted by molar-refractivity contribution is 5.66. The number of carboxylic acid groups (broad SMARTS) is 1. The normalized spacial score (nSPS) is 11.8. The molecule has 0 aromatic carbocycles. The zero-order chi connectivity index (χ0) is 12.2. The summed E-state index contributed by atoms with van der Waals surface area (Å²) >= 11 is 0. The van der Waals surface area contributed by atoms with Gasteiger partial charge in [-0.1, -0.05) is 44.3 Å². The first kappa shape index (κ1) is 15.2. The van der Waals surface area contributed by atoms with Gasteiger partial charge in [-0.25, -0.2) is 0 Å². The van der Waals surface area contributed by atoms with Crippen LogP contribution in [0.5, 0.6) is 0 Å². The number of aliphatic carboxylic acids is 1. The second-order valence-corrected chi connectivity index (χ2v) is 4.50. The van der Waals surface area contributed by atoms with E-state index in [9.17, 15) is 4.79 Å². The average Bonchev–Trinajstić information content (AvgIpc) is 2.24. The van der Waals surface area contributed by atoms with E-state index in [1.54, 1.807) is 0 Å². The lowest BCUT2D eigenvalue weighted by atomic mass is 10.0. The molecule has 0 aliphatic heterocycles. The van der Waals surface area contributed by atoms with E-state index in [-0.39, 0.29) is 0 Å². The van der Waals surface area contributed by atoms with Crippen LogP contribution in [0.3, 0.4) is 0 Å². The number of hydrogen-bond acceptors (Lipinski definition) is 1. The maximum Gasteiger partial charge on any atom is 0.303 e. The van der Waals surface area contributed by atoms with Crippen LogP contribution in [0.25, 0.3) is 0 Å². The van der Waals surface area contributed by atoms with Crippen LogP contribution in [0.1, 0.15) is 71.6 Å². The van der Waals surface area contributed by atoms with Crippen molar-refractivity contribution in [2.24, 2.45) is 0 Å². The molecule has 0 bridgehead atoms. The SMILES string of the molecule is CCCC=C(C)CCCCCCCC(=O)O. The number of allylic oxidation sites excluding steroid dienone is 2. The Morgan fingerprint density at radius 1 is 1.06 bits per heavy atom. The minimum Gasteiger partial charge on any atom is -0.481 e. The van der Waals surface area contributed by atoms with Gasteiger partial charge in [0.15, 0.2) is 0 Å². The number of rotatable bonds is 10. The molecule has 0 fully saturated rings. The Balaban J connectivity index is 3.23. The van der Waals surface area contributed by atoms with Crippen LogP contribution >= 0.6 is 0 Å². The van der Waals surface area contributed by atoms with Crippen molar-refractivity contribution in [1.82, 2.24) is 0 Å². The van der Waals surface area contributed by atoms with Crippen molar-refractivity contribution in [2.75, 3.05) is 0 Å². The van der Waals surface area contributed by atoms with E-state index in [1.165, 1.54) is 44.1 Å². The first-order valence-electron chi connectivity index (χ1n) is 6.54. The van der Waals surface area contributed by atoms with E-state index >= 15 is 0 Å². The van der Waals surface area contributed by atoms with E-state index in [0.717, 1.165) is 12.8 Å². The Morgan fingerprint density at radius 2 is 1.62 bits per heavy atom. The molecule has 2 nitrogen and oxygen atoms in total. The molecule has 0 unspecified atom stereocenters. The molecule has 16 heavy (non-hydrogen) atoms. The van der Waals surface area contributed by atoms with E-state index in [2.05, 4.69) is 19.9 Å². The van der Waals surface area contributed by atoms with E-state index in [0.29, 0.717) is 6.42 Å². The van der Waals surface area contributed by atoms with Gasteiger partial charge in [-0.2, -0.15) is 0 Å². The third-order valence-corrected chi connectivity index (χ3v) is 2.74. The third kappa shape index (κ3) is 11.3. The smallest absolute Gasteiger partial charge is 0.303 e. The quantitative estimate of drug-likeness (QED) is 0.438. The van der Waals surface area contributed by atoms with Gasteiger partial charge >= 0.3 is 5.97 Å². The van der Waals surface area contributed by atoms with Gasteiger partial charge in [-0.15, -0.1) is 0 Å². The predicted molar refractivity (Wildman–Crippen MR) is 68.6 cm³/mol. The lowest BCUT2D eigenvalue weighted by molar-refractivity contribution is -0.137. The fourth-order valence-electron chi connectivity index (χ4n) is 1.70. The van der Waals surface area contributed by atoms with Gasteiger partial charge in [-0.3, -0.25) is 4.79 Å². The highest BCUT2D eigenvalue weighted by Crippen LogP contribution is 2.12. The summed E-state index contributed by atoms with van der Waals surface area (Å²) in [5.74, 6) is -0.668. The molecular weight excluding hydrogens is 200 g/mol. The van der Waals surface area contributed by atoms with Gasteiger partial charge in [0.2, 0.25) is 0 Å². The highest BCUT2D eigenvalue weighted by Gasteiger charge is 1.96. The first-order chi connectivity index (χ1) is 7.66. The molecule has 0 saturated carbocycles. The average molecular weight is 226 g/mol. The number of carboxylic acids is 1. The van der Waals surface area contributed by atoms with Crippen molar-refractivity contribution >= 4 is 5.97 Å². The van der Waals surface area contributed by atoms with Gasteiger partial charge in [-0.05, 0) is 32.6 Å². The third-order valence-electron chi connectivity index (χ3n) is 2.74. The summed E-state index contributed by atoms with van der Waals surface area (Å²) in [5.41, 5.74) is 1.51.